The molecule has 0 saturated heterocycles. The molecule has 1 aromatic carbocycles. The van der Waals surface area contributed by atoms with Crippen LogP contribution in [-0.4, -0.2) is 21.0 Å². The third-order valence-corrected chi connectivity index (χ3v) is 1.47. The first-order chi connectivity index (χ1) is 6.36. The second kappa shape index (κ2) is 5.62. The van der Waals surface area contributed by atoms with Crippen molar-refractivity contribution in [2.75, 3.05) is 13.7 Å². The van der Waals surface area contributed by atoms with Gasteiger partial charge in [-0.2, -0.15) is 0 Å². The van der Waals surface area contributed by atoms with Crippen LogP contribution in [0.2, 0.25) is 0 Å². The first-order valence-electron chi connectivity index (χ1n) is 4.23. The van der Waals surface area contributed by atoms with Gasteiger partial charge < -0.3 is 14.0 Å². The van der Waals surface area contributed by atoms with E-state index in [0.29, 0.717) is 6.61 Å². The van der Waals surface area contributed by atoms with Crippen LogP contribution in [0.5, 0.6) is 5.75 Å². The van der Waals surface area contributed by atoms with Crippen LogP contribution in [0.15, 0.2) is 30.3 Å². The van der Waals surface area contributed by atoms with Crippen LogP contribution in [-0.2, 0) is 9.31 Å². The maximum Gasteiger partial charge on any atom is 0.712 e. The van der Waals surface area contributed by atoms with Crippen molar-refractivity contribution in [3.05, 3.63) is 30.3 Å². The smallest absolute Gasteiger partial charge is 0.512 e. The molecule has 3 nitrogen and oxygen atoms in total. The standard InChI is InChI=1S/C9H13BO3/c1-3-12-10(11-2)13-9-7-5-4-6-8-9/h4-8H,3H2,1-2H3. The summed E-state index contributed by atoms with van der Waals surface area (Å²) >= 11 is 0. The van der Waals surface area contributed by atoms with Gasteiger partial charge in [-0.05, 0) is 19.1 Å². The number of hydrogen-bond acceptors (Lipinski definition) is 3. The van der Waals surface area contributed by atoms with Crippen molar-refractivity contribution in [3.63, 3.8) is 0 Å². The molecular weight excluding hydrogens is 167 g/mol. The molecule has 0 aliphatic rings. The van der Waals surface area contributed by atoms with Gasteiger partial charge in [0.2, 0.25) is 0 Å². The molecule has 0 aromatic heterocycles. The van der Waals surface area contributed by atoms with Gasteiger partial charge >= 0.3 is 7.32 Å². The van der Waals surface area contributed by atoms with Crippen molar-refractivity contribution >= 4 is 7.32 Å². The fourth-order valence-electron chi connectivity index (χ4n) is 0.896. The summed E-state index contributed by atoms with van der Waals surface area (Å²) in [7, 11) is 0.927. The highest BCUT2D eigenvalue weighted by Crippen LogP contribution is 2.09. The summed E-state index contributed by atoms with van der Waals surface area (Å²) in [6.07, 6.45) is 0. The van der Waals surface area contributed by atoms with Crippen LogP contribution in [0, 0.1) is 0 Å². The fraction of sp³-hybridized carbons (Fsp3) is 0.333. The zero-order valence-electron chi connectivity index (χ0n) is 7.90. The van der Waals surface area contributed by atoms with Crippen LogP contribution in [0.4, 0.5) is 0 Å². The lowest BCUT2D eigenvalue weighted by atomic mass is 10.2. The summed E-state index contributed by atoms with van der Waals surface area (Å²) in [5, 5.41) is 0. The van der Waals surface area contributed by atoms with Gasteiger partial charge in [-0.1, -0.05) is 18.2 Å². The molecule has 0 bridgehead atoms. The second-order valence-corrected chi connectivity index (χ2v) is 2.41. The van der Waals surface area contributed by atoms with Crippen molar-refractivity contribution in [2.24, 2.45) is 0 Å². The van der Waals surface area contributed by atoms with Crippen LogP contribution in [0.25, 0.3) is 0 Å². The highest BCUT2D eigenvalue weighted by Gasteiger charge is 2.20. The molecule has 0 aliphatic carbocycles. The van der Waals surface area contributed by atoms with Gasteiger partial charge in [0.15, 0.2) is 0 Å². The number of para-hydroxylation sites is 1. The third kappa shape index (κ3) is 3.48. The molecule has 0 aliphatic heterocycles. The molecule has 1 aromatic rings. The Bertz CT molecular complexity index is 228. The van der Waals surface area contributed by atoms with Crippen LogP contribution >= 0.6 is 0 Å². The molecular formula is C9H13BO3. The van der Waals surface area contributed by atoms with Crippen molar-refractivity contribution < 1.29 is 14.0 Å². The van der Waals surface area contributed by atoms with Crippen molar-refractivity contribution in [2.45, 2.75) is 6.92 Å². The van der Waals surface area contributed by atoms with E-state index in [1.54, 1.807) is 7.11 Å². The lowest BCUT2D eigenvalue weighted by Crippen LogP contribution is -2.28. The van der Waals surface area contributed by atoms with Crippen molar-refractivity contribution in [1.29, 1.82) is 0 Å². The molecule has 0 amide bonds. The van der Waals surface area contributed by atoms with Gasteiger partial charge in [-0.3, -0.25) is 0 Å². The Balaban J connectivity index is 2.46. The van der Waals surface area contributed by atoms with Gasteiger partial charge in [0.25, 0.3) is 0 Å². The van der Waals surface area contributed by atoms with E-state index in [1.807, 2.05) is 37.3 Å². The van der Waals surface area contributed by atoms with E-state index >= 15 is 0 Å². The van der Waals surface area contributed by atoms with Gasteiger partial charge in [0.05, 0.1) is 0 Å². The van der Waals surface area contributed by atoms with Crippen LogP contribution in [0.1, 0.15) is 6.92 Å². The van der Waals surface area contributed by atoms with Gasteiger partial charge in [0, 0.05) is 13.7 Å². The minimum absolute atomic E-state index is 0.561. The average Bonchev–Trinajstić information content (AvgIpc) is 2.19. The highest BCUT2D eigenvalue weighted by atomic mass is 16.7. The molecule has 4 heteroatoms. The number of benzene rings is 1. The van der Waals surface area contributed by atoms with E-state index in [0.717, 1.165) is 5.75 Å². The molecule has 0 unspecified atom stereocenters. The Morgan fingerprint density at radius 1 is 1.23 bits per heavy atom. The first-order valence-corrected chi connectivity index (χ1v) is 4.23. The van der Waals surface area contributed by atoms with Gasteiger partial charge in [-0.25, -0.2) is 0 Å². The van der Waals surface area contributed by atoms with E-state index in [9.17, 15) is 0 Å². The lowest BCUT2D eigenvalue weighted by molar-refractivity contribution is 0.175. The minimum Gasteiger partial charge on any atom is -0.512 e. The maximum atomic E-state index is 5.36. The SMILES string of the molecule is CCOB(OC)Oc1ccccc1. The Labute approximate surface area is 78.8 Å². The summed E-state index contributed by atoms with van der Waals surface area (Å²) < 4.78 is 15.5. The van der Waals surface area contributed by atoms with Gasteiger partial charge in [0.1, 0.15) is 5.75 Å². The molecule has 1 rings (SSSR count). The zero-order chi connectivity index (χ0) is 9.52. The zero-order valence-corrected chi connectivity index (χ0v) is 7.90. The molecule has 13 heavy (non-hydrogen) atoms. The van der Waals surface area contributed by atoms with Crippen molar-refractivity contribution in [3.8, 4) is 5.75 Å². The topological polar surface area (TPSA) is 27.7 Å². The number of hydrogen-bond donors (Lipinski definition) is 0. The monoisotopic (exact) mass is 180 g/mol. The van der Waals surface area contributed by atoms with E-state index in [1.165, 1.54) is 0 Å². The first kappa shape index (κ1) is 10.1. The third-order valence-electron chi connectivity index (χ3n) is 1.47. The fourth-order valence-corrected chi connectivity index (χ4v) is 0.896. The van der Waals surface area contributed by atoms with E-state index in [2.05, 4.69) is 0 Å². The average molecular weight is 180 g/mol. The van der Waals surface area contributed by atoms with Crippen LogP contribution < -0.4 is 4.65 Å². The van der Waals surface area contributed by atoms with Gasteiger partial charge in [-0.15, -0.1) is 0 Å². The largest absolute Gasteiger partial charge is 0.712 e. The molecule has 0 N–H and O–H groups in total. The molecule has 0 radical (unpaired) electrons. The van der Waals surface area contributed by atoms with E-state index in [4.69, 9.17) is 14.0 Å². The molecule has 0 fully saturated rings. The highest BCUT2D eigenvalue weighted by molar-refractivity contribution is 6.37. The maximum absolute atomic E-state index is 5.36. The molecule has 0 atom stereocenters. The Hall–Kier alpha value is -0.995. The lowest BCUT2D eigenvalue weighted by Gasteiger charge is -2.11. The Morgan fingerprint density at radius 3 is 2.46 bits per heavy atom. The van der Waals surface area contributed by atoms with E-state index in [-0.39, 0.29) is 0 Å². The molecule has 70 valence electrons. The normalized spacial score (nSPS) is 9.69. The molecule has 0 spiro atoms. The predicted molar refractivity (Wildman–Crippen MR) is 51.5 cm³/mol. The molecule has 0 heterocycles. The van der Waals surface area contributed by atoms with Crippen molar-refractivity contribution in [1.82, 2.24) is 0 Å². The second-order valence-electron chi connectivity index (χ2n) is 2.41. The Kier molecular flexibility index (Phi) is 4.36. The molecule has 0 saturated carbocycles. The minimum atomic E-state index is -0.618. The summed E-state index contributed by atoms with van der Waals surface area (Å²) in [6.45, 7) is 2.45. The summed E-state index contributed by atoms with van der Waals surface area (Å²) in [6, 6.07) is 9.42. The number of rotatable bonds is 5. The quantitative estimate of drug-likeness (QED) is 0.645. The van der Waals surface area contributed by atoms with Crippen LogP contribution in [0.3, 0.4) is 0 Å². The summed E-state index contributed by atoms with van der Waals surface area (Å²) in [5.41, 5.74) is 0. The predicted octanol–water partition coefficient (Wildman–Crippen LogP) is 1.73. The summed E-state index contributed by atoms with van der Waals surface area (Å²) in [5.74, 6) is 0.739. The summed E-state index contributed by atoms with van der Waals surface area (Å²) in [4.78, 5) is 0. The van der Waals surface area contributed by atoms with E-state index < -0.39 is 7.32 Å². The Morgan fingerprint density at radius 2 is 1.92 bits per heavy atom.